The van der Waals surface area contributed by atoms with E-state index in [1.165, 1.54) is 5.54 Å². The standard InChI is InChI=1S/C15H16ClNO3/c1-3-5-6-9-13-11-20-15(19)17(13)14(18)12(4-2)8-7-10-16/h1,7,10,12-13H,4,8-9,11H2,2H3/b10-7+/t12-,13+/m1/s1. The van der Waals surface area contributed by atoms with Crippen molar-refractivity contribution in [3.8, 4) is 24.2 Å². The zero-order chi connectivity index (χ0) is 15.0. The smallest absolute Gasteiger partial charge is 0.417 e. The summed E-state index contributed by atoms with van der Waals surface area (Å²) >= 11 is 5.47. The van der Waals surface area contributed by atoms with E-state index < -0.39 is 6.09 Å². The second-order valence-corrected chi connectivity index (χ2v) is 4.54. The first-order valence-corrected chi connectivity index (χ1v) is 6.77. The Morgan fingerprint density at radius 2 is 2.45 bits per heavy atom. The second-order valence-electron chi connectivity index (χ2n) is 4.29. The average molecular weight is 294 g/mol. The molecule has 20 heavy (non-hydrogen) atoms. The van der Waals surface area contributed by atoms with Crippen molar-refractivity contribution in [2.24, 2.45) is 5.92 Å². The van der Waals surface area contributed by atoms with Crippen molar-refractivity contribution in [2.75, 3.05) is 6.61 Å². The van der Waals surface area contributed by atoms with Gasteiger partial charge in [-0.15, -0.1) is 6.42 Å². The van der Waals surface area contributed by atoms with Crippen LogP contribution in [0.5, 0.6) is 0 Å². The third-order valence-electron chi connectivity index (χ3n) is 3.05. The Hall–Kier alpha value is -1.91. The molecule has 0 aromatic rings. The molecule has 0 bridgehead atoms. The summed E-state index contributed by atoms with van der Waals surface area (Å²) in [5, 5.41) is 0. The van der Waals surface area contributed by atoms with Crippen LogP contribution in [0.25, 0.3) is 0 Å². The van der Waals surface area contributed by atoms with Gasteiger partial charge in [-0.3, -0.25) is 4.79 Å². The minimum absolute atomic E-state index is 0.158. The molecule has 1 rings (SSSR count). The number of imide groups is 1. The second kappa shape index (κ2) is 8.30. The molecule has 0 unspecified atom stereocenters. The predicted molar refractivity (Wildman–Crippen MR) is 76.6 cm³/mol. The lowest BCUT2D eigenvalue weighted by molar-refractivity contribution is -0.133. The van der Waals surface area contributed by atoms with Crippen molar-refractivity contribution >= 4 is 23.6 Å². The third-order valence-corrected chi connectivity index (χ3v) is 3.23. The fourth-order valence-corrected chi connectivity index (χ4v) is 2.06. The molecule has 1 saturated heterocycles. The number of carbonyl (C=O) groups excluding carboxylic acids is 2. The van der Waals surface area contributed by atoms with E-state index in [0.717, 1.165) is 4.90 Å². The third kappa shape index (κ3) is 4.05. The van der Waals surface area contributed by atoms with Crippen LogP contribution in [0, 0.1) is 30.1 Å². The van der Waals surface area contributed by atoms with Crippen LogP contribution in [-0.4, -0.2) is 29.5 Å². The molecule has 1 fully saturated rings. The Bertz CT molecular complexity index is 495. The Labute approximate surface area is 124 Å². The molecule has 0 saturated carbocycles. The molecule has 0 aromatic carbocycles. The van der Waals surface area contributed by atoms with Crippen LogP contribution in [-0.2, 0) is 9.53 Å². The summed E-state index contributed by atoms with van der Waals surface area (Å²) in [6.45, 7) is 2.05. The van der Waals surface area contributed by atoms with Crippen LogP contribution in [0.15, 0.2) is 11.6 Å². The van der Waals surface area contributed by atoms with Crippen LogP contribution in [0.1, 0.15) is 26.2 Å². The molecule has 0 aliphatic carbocycles. The molecule has 0 N–H and O–H groups in total. The van der Waals surface area contributed by atoms with Crippen molar-refractivity contribution < 1.29 is 14.3 Å². The van der Waals surface area contributed by atoms with E-state index in [9.17, 15) is 9.59 Å². The number of carbonyl (C=O) groups is 2. The van der Waals surface area contributed by atoms with E-state index in [0.29, 0.717) is 19.3 Å². The molecule has 1 aliphatic rings. The minimum Gasteiger partial charge on any atom is -0.447 e. The molecule has 0 aromatic heterocycles. The van der Waals surface area contributed by atoms with Crippen molar-refractivity contribution in [3.05, 3.63) is 11.6 Å². The zero-order valence-corrected chi connectivity index (χ0v) is 12.0. The summed E-state index contributed by atoms with van der Waals surface area (Å²) in [6, 6.07) is -0.370. The molecule has 0 spiro atoms. The number of terminal acetylenes is 1. The van der Waals surface area contributed by atoms with E-state index >= 15 is 0 Å². The van der Waals surface area contributed by atoms with Crippen LogP contribution >= 0.6 is 11.6 Å². The van der Waals surface area contributed by atoms with Gasteiger partial charge in [-0.1, -0.05) is 30.5 Å². The van der Waals surface area contributed by atoms with Gasteiger partial charge < -0.3 is 4.74 Å². The van der Waals surface area contributed by atoms with Gasteiger partial charge in [-0.25, -0.2) is 9.69 Å². The first kappa shape index (κ1) is 16.1. The Balaban J connectivity index is 2.80. The molecule has 4 nitrogen and oxygen atoms in total. The van der Waals surface area contributed by atoms with Gasteiger partial charge >= 0.3 is 6.09 Å². The monoisotopic (exact) mass is 293 g/mol. The normalized spacial score (nSPS) is 19.1. The maximum absolute atomic E-state index is 12.4. The molecule has 1 heterocycles. The Morgan fingerprint density at radius 1 is 1.70 bits per heavy atom. The Morgan fingerprint density at radius 3 is 3.05 bits per heavy atom. The minimum atomic E-state index is -0.615. The fourth-order valence-electron chi connectivity index (χ4n) is 1.96. The van der Waals surface area contributed by atoms with Gasteiger partial charge in [-0.05, 0) is 24.7 Å². The van der Waals surface area contributed by atoms with Crippen molar-refractivity contribution in [3.63, 3.8) is 0 Å². The van der Waals surface area contributed by atoms with E-state index in [2.05, 4.69) is 17.8 Å². The summed E-state index contributed by atoms with van der Waals surface area (Å²) in [4.78, 5) is 25.3. The topological polar surface area (TPSA) is 46.6 Å². The highest BCUT2D eigenvalue weighted by Gasteiger charge is 2.39. The van der Waals surface area contributed by atoms with Gasteiger partial charge in [0.1, 0.15) is 6.61 Å². The fraction of sp³-hybridized carbons (Fsp3) is 0.467. The summed E-state index contributed by atoms with van der Waals surface area (Å²) < 4.78 is 4.93. The van der Waals surface area contributed by atoms with Crippen LogP contribution in [0.4, 0.5) is 4.79 Å². The number of amides is 2. The maximum atomic E-state index is 12.4. The largest absolute Gasteiger partial charge is 0.447 e. The SMILES string of the molecule is C#CC#CC[C@H]1COC(=O)N1C(=O)[C@H](CC)C/C=C/Cl. The first-order valence-electron chi connectivity index (χ1n) is 6.34. The summed E-state index contributed by atoms with van der Waals surface area (Å²) in [5.74, 6) is 6.86. The quantitative estimate of drug-likeness (QED) is 0.732. The number of cyclic esters (lactones) is 1. The highest BCUT2D eigenvalue weighted by atomic mass is 35.5. The summed E-state index contributed by atoms with van der Waals surface area (Å²) in [7, 11) is 0. The number of hydrogen-bond donors (Lipinski definition) is 0. The van der Waals surface area contributed by atoms with Gasteiger partial charge in [0.05, 0.1) is 6.04 Å². The highest BCUT2D eigenvalue weighted by Crippen LogP contribution is 2.22. The zero-order valence-electron chi connectivity index (χ0n) is 11.3. The van der Waals surface area contributed by atoms with Gasteiger partial charge in [0.15, 0.2) is 0 Å². The van der Waals surface area contributed by atoms with E-state index in [1.54, 1.807) is 6.08 Å². The van der Waals surface area contributed by atoms with E-state index in [1.807, 2.05) is 6.92 Å². The first-order chi connectivity index (χ1) is 9.65. The number of rotatable bonds is 5. The lowest BCUT2D eigenvalue weighted by atomic mass is 10.00. The lowest BCUT2D eigenvalue weighted by Gasteiger charge is -2.22. The molecule has 1 aliphatic heterocycles. The van der Waals surface area contributed by atoms with Crippen molar-refractivity contribution in [1.82, 2.24) is 4.90 Å². The lowest BCUT2D eigenvalue weighted by Crippen LogP contribution is -2.42. The molecular weight excluding hydrogens is 278 g/mol. The van der Waals surface area contributed by atoms with Crippen LogP contribution in [0.2, 0.25) is 0 Å². The molecular formula is C15H16ClNO3. The van der Waals surface area contributed by atoms with Gasteiger partial charge in [0, 0.05) is 17.9 Å². The van der Waals surface area contributed by atoms with Crippen LogP contribution in [0.3, 0.4) is 0 Å². The molecule has 2 amide bonds. The predicted octanol–water partition coefficient (Wildman–Crippen LogP) is 2.53. The molecule has 0 radical (unpaired) electrons. The van der Waals surface area contributed by atoms with Gasteiger partial charge in [-0.2, -0.15) is 0 Å². The number of nitrogens with zero attached hydrogens (tertiary/aromatic N) is 1. The number of allylic oxidation sites excluding steroid dienone is 1. The van der Waals surface area contributed by atoms with Crippen molar-refractivity contribution in [2.45, 2.75) is 32.2 Å². The number of ether oxygens (including phenoxy) is 1. The highest BCUT2D eigenvalue weighted by molar-refractivity contribution is 6.25. The summed E-state index contributed by atoms with van der Waals surface area (Å²) in [5.41, 5.74) is 1.37. The number of halogens is 1. The Kier molecular flexibility index (Phi) is 6.70. The average Bonchev–Trinajstić information content (AvgIpc) is 2.81. The van der Waals surface area contributed by atoms with Gasteiger partial charge in [0.25, 0.3) is 0 Å². The maximum Gasteiger partial charge on any atom is 0.417 e. The van der Waals surface area contributed by atoms with Crippen LogP contribution < -0.4 is 0 Å². The van der Waals surface area contributed by atoms with E-state index in [4.69, 9.17) is 22.8 Å². The molecule has 2 atom stereocenters. The molecule has 5 heteroatoms. The van der Waals surface area contributed by atoms with E-state index in [-0.39, 0.29) is 24.5 Å². The number of hydrogen-bond acceptors (Lipinski definition) is 3. The van der Waals surface area contributed by atoms with Gasteiger partial charge in [0.2, 0.25) is 5.91 Å². The summed E-state index contributed by atoms with van der Waals surface area (Å²) in [6.07, 6.45) is 7.55. The van der Waals surface area contributed by atoms with Crippen molar-refractivity contribution in [1.29, 1.82) is 0 Å². The molecule has 106 valence electrons.